The Balaban J connectivity index is 0. The summed E-state index contributed by atoms with van der Waals surface area (Å²) in [7, 11) is 0. The normalized spacial score (nSPS) is 0. The van der Waals surface area contributed by atoms with Gasteiger partial charge in [-0.15, -0.1) is 0 Å². The van der Waals surface area contributed by atoms with E-state index in [4.69, 9.17) is 0 Å². The molecule has 0 bridgehead atoms. The largest absolute Gasteiger partial charge is 1.00 e. The summed E-state index contributed by atoms with van der Waals surface area (Å²) in [4.78, 5) is 0. The predicted molar refractivity (Wildman–Crippen MR) is 218 cm³/mol. The zero-order valence-corrected chi connectivity index (χ0v) is 33.0. The molecule has 0 spiro atoms. The Labute approximate surface area is 360 Å². The molecule has 0 amide bonds. The SMILES string of the molecule is O.O.O.O.O.O.O.O.O.O.O.O.O.O.O.O.O.O.O.O.O.O.O.O.O.O.O.O.O.O.O.O.O.O.O.O.O.O.O.O.O.O.O.O.O.O.O.O.O.O.O.O.O.O.O.O.O.O.O.O.[H-].[Na+]. The van der Waals surface area contributed by atoms with Gasteiger partial charge in [0.05, 0.1) is 0 Å². The van der Waals surface area contributed by atoms with Crippen molar-refractivity contribution in [1.29, 1.82) is 0 Å². The van der Waals surface area contributed by atoms with Crippen LogP contribution in [-0.4, -0.2) is 329 Å². The van der Waals surface area contributed by atoms with E-state index < -0.39 is 0 Å². The Kier molecular flexibility index (Phi) is 170000000. The molecule has 0 unspecified atom stereocenters. The van der Waals surface area contributed by atoms with E-state index >= 15 is 0 Å². The maximum Gasteiger partial charge on any atom is 1.00 e. The van der Waals surface area contributed by atoms with Crippen LogP contribution in [0, 0.1) is 0 Å². The molecule has 0 fully saturated rings. The van der Waals surface area contributed by atoms with Gasteiger partial charge in [-0.1, -0.05) is 0 Å². The molecule has 61 heavy (non-hydrogen) atoms. The summed E-state index contributed by atoms with van der Waals surface area (Å²) in [6, 6.07) is 0. The van der Waals surface area contributed by atoms with Gasteiger partial charge < -0.3 is 330 Å². The van der Waals surface area contributed by atoms with Crippen molar-refractivity contribution in [1.82, 2.24) is 0 Å². The van der Waals surface area contributed by atoms with Crippen LogP contribution in [0.15, 0.2) is 0 Å². The molecule has 0 atom stereocenters. The monoisotopic (exact) mass is 1100 g/mol. The third-order valence-corrected chi connectivity index (χ3v) is 0. The van der Waals surface area contributed by atoms with Crippen molar-refractivity contribution in [2.45, 2.75) is 0 Å². The van der Waals surface area contributed by atoms with E-state index in [1.54, 1.807) is 0 Å². The van der Waals surface area contributed by atoms with E-state index in [9.17, 15) is 0 Å². The van der Waals surface area contributed by atoms with Gasteiger partial charge in [0.2, 0.25) is 0 Å². The summed E-state index contributed by atoms with van der Waals surface area (Å²) >= 11 is 0. The van der Waals surface area contributed by atoms with Crippen molar-refractivity contribution in [3.8, 4) is 0 Å². The molecule has 0 radical (unpaired) electrons. The summed E-state index contributed by atoms with van der Waals surface area (Å²) in [6.45, 7) is 0. The van der Waals surface area contributed by atoms with Crippen molar-refractivity contribution < 1.29 is 360 Å². The zero-order valence-electron chi connectivity index (χ0n) is 32.0. The molecular formula is H121NaO60. The van der Waals surface area contributed by atoms with Crippen LogP contribution in [-0.2, 0) is 0 Å². The second kappa shape index (κ2) is 99200. The molecule has 0 aliphatic heterocycles. The average molecular weight is 1100 g/mol. The Morgan fingerprint density at radius 3 is 0.0492 bits per heavy atom. The van der Waals surface area contributed by atoms with Gasteiger partial charge in [0.1, 0.15) is 0 Å². The van der Waals surface area contributed by atoms with Crippen LogP contribution < -0.4 is 29.6 Å². The molecule has 61 heteroatoms. The molecule has 0 rings (SSSR count). The third kappa shape index (κ3) is 95800. The van der Waals surface area contributed by atoms with Crippen molar-refractivity contribution in [2.24, 2.45) is 0 Å². The first-order valence-corrected chi connectivity index (χ1v) is 0. The molecule has 0 aliphatic carbocycles. The van der Waals surface area contributed by atoms with Crippen LogP contribution in [0.3, 0.4) is 0 Å². The van der Waals surface area contributed by atoms with E-state index in [-0.39, 0.29) is 360 Å². The number of rotatable bonds is 0. The summed E-state index contributed by atoms with van der Waals surface area (Å²) in [5, 5.41) is 0. The minimum atomic E-state index is 0. The minimum absolute atomic E-state index is 0. The van der Waals surface area contributed by atoms with E-state index in [0.717, 1.165) is 0 Å². The van der Waals surface area contributed by atoms with E-state index in [2.05, 4.69) is 0 Å². The van der Waals surface area contributed by atoms with Gasteiger partial charge in [-0.25, -0.2) is 0 Å². The van der Waals surface area contributed by atoms with Gasteiger partial charge in [0, 0.05) is 0 Å². The molecule has 120 N–H and O–H groups in total. The molecule has 0 saturated carbocycles. The molecule has 0 saturated heterocycles. The molecule has 60 nitrogen and oxygen atoms in total. The van der Waals surface area contributed by atoms with E-state index in [1.165, 1.54) is 0 Å². The topological polar surface area (TPSA) is 1890 Å². The molecule has 0 aromatic heterocycles. The van der Waals surface area contributed by atoms with Gasteiger partial charge in [-0.3, -0.25) is 0 Å². The van der Waals surface area contributed by atoms with Gasteiger partial charge in [0.25, 0.3) is 0 Å². The van der Waals surface area contributed by atoms with Crippen LogP contribution in [0.5, 0.6) is 0 Å². The molecule has 0 aliphatic rings. The smallest absolute Gasteiger partial charge is 1.00 e. The van der Waals surface area contributed by atoms with Crippen LogP contribution in [0.4, 0.5) is 0 Å². The van der Waals surface area contributed by atoms with Crippen molar-refractivity contribution >= 4 is 0 Å². The minimum Gasteiger partial charge on any atom is -1.00 e. The van der Waals surface area contributed by atoms with Gasteiger partial charge in [0.15, 0.2) is 0 Å². The second-order valence-corrected chi connectivity index (χ2v) is 0. The second-order valence-electron chi connectivity index (χ2n) is 0. The number of hydrogen-bond acceptors (Lipinski definition) is 0. The molecular weight excluding hydrogens is 983 g/mol. The van der Waals surface area contributed by atoms with Crippen LogP contribution >= 0.6 is 0 Å². The maximum atomic E-state index is 0. The Hall–Kier alpha value is -1.40. The Morgan fingerprint density at radius 1 is 0.0492 bits per heavy atom. The first-order chi connectivity index (χ1) is 0. The van der Waals surface area contributed by atoms with Crippen LogP contribution in [0.1, 0.15) is 1.43 Å². The molecule has 482 valence electrons. The molecule has 0 heterocycles. The van der Waals surface area contributed by atoms with Gasteiger partial charge in [-0.2, -0.15) is 0 Å². The summed E-state index contributed by atoms with van der Waals surface area (Å²) in [6.07, 6.45) is 0. The van der Waals surface area contributed by atoms with Crippen LogP contribution in [0.2, 0.25) is 0 Å². The average Bonchev–Trinajstić information content (AvgIpc) is 0. The standard InChI is InChI=1S/Na.60H2O.H/h;60*1H2;/q+1;;;;;;;;;;;;;;;;;;;;;;;;;;;;;;;;;;;;;;;;;;;;;;;;;;;;;;;;;;;;;-1. The first-order valence-electron chi connectivity index (χ1n) is 0. The van der Waals surface area contributed by atoms with Crippen molar-refractivity contribution in [3.63, 3.8) is 0 Å². The quantitative estimate of drug-likeness (QED) is 0.204. The van der Waals surface area contributed by atoms with E-state index in [0.29, 0.717) is 0 Å². The van der Waals surface area contributed by atoms with Gasteiger partial charge >= 0.3 is 29.6 Å². The van der Waals surface area contributed by atoms with Crippen molar-refractivity contribution in [3.05, 3.63) is 0 Å². The van der Waals surface area contributed by atoms with Crippen LogP contribution in [0.25, 0.3) is 0 Å². The first kappa shape index (κ1) is 104000. The zero-order chi connectivity index (χ0) is 0. The summed E-state index contributed by atoms with van der Waals surface area (Å²) in [5.74, 6) is 0. The fourth-order valence-corrected chi connectivity index (χ4v) is 0. The van der Waals surface area contributed by atoms with Gasteiger partial charge in [-0.05, 0) is 0 Å². The molecule has 0 aromatic carbocycles. The fourth-order valence-electron chi connectivity index (χ4n) is 0. The summed E-state index contributed by atoms with van der Waals surface area (Å²) in [5.41, 5.74) is 0. The predicted octanol–water partition coefficient (Wildman–Crippen LogP) is -52.4. The van der Waals surface area contributed by atoms with E-state index in [1.807, 2.05) is 0 Å². The Morgan fingerprint density at radius 2 is 0.0492 bits per heavy atom. The summed E-state index contributed by atoms with van der Waals surface area (Å²) < 4.78 is 0. The Bertz CT molecular complexity index is 14.7. The third-order valence-electron chi connectivity index (χ3n) is 0. The molecule has 0 aromatic rings. The fraction of sp³-hybridized carbons (Fsp3) is 0. The number of hydrogen-bond donors (Lipinski definition) is 0. The maximum absolute atomic E-state index is 0. The van der Waals surface area contributed by atoms with Crippen molar-refractivity contribution in [2.75, 3.05) is 0 Å².